The lowest BCUT2D eigenvalue weighted by atomic mass is 10.2. The first-order valence-corrected chi connectivity index (χ1v) is 6.99. The zero-order chi connectivity index (χ0) is 10.2. The van der Waals surface area contributed by atoms with Gasteiger partial charge in [-0.3, -0.25) is 0 Å². The van der Waals surface area contributed by atoms with E-state index in [4.69, 9.17) is 10.5 Å². The molecule has 1 saturated heterocycles. The van der Waals surface area contributed by atoms with Crippen LogP contribution < -0.4 is 5.73 Å². The molecule has 0 spiro atoms. The molecule has 14 heavy (non-hydrogen) atoms. The van der Waals surface area contributed by atoms with E-state index in [0.717, 1.165) is 19.3 Å². The smallest absolute Gasteiger partial charge is 0.152 e. The SMILES string of the molecule is NC1CCC(OC2CCS(=O)(=O)C2)C1. The molecule has 2 aliphatic rings. The maximum Gasteiger partial charge on any atom is 0.152 e. The van der Waals surface area contributed by atoms with Crippen molar-refractivity contribution in [1.82, 2.24) is 0 Å². The van der Waals surface area contributed by atoms with Crippen molar-refractivity contribution in [3.8, 4) is 0 Å². The van der Waals surface area contributed by atoms with Gasteiger partial charge in [0.15, 0.2) is 9.84 Å². The van der Waals surface area contributed by atoms with Crippen molar-refractivity contribution >= 4 is 9.84 Å². The highest BCUT2D eigenvalue weighted by molar-refractivity contribution is 7.91. The average Bonchev–Trinajstić information content (AvgIpc) is 2.59. The summed E-state index contributed by atoms with van der Waals surface area (Å²) in [4.78, 5) is 0. The number of nitrogens with two attached hydrogens (primary N) is 1. The molecule has 3 unspecified atom stereocenters. The first-order chi connectivity index (χ1) is 6.55. The van der Waals surface area contributed by atoms with Crippen LogP contribution in [0, 0.1) is 0 Å². The zero-order valence-electron chi connectivity index (χ0n) is 8.19. The van der Waals surface area contributed by atoms with Crippen molar-refractivity contribution in [3.05, 3.63) is 0 Å². The number of rotatable bonds is 2. The average molecular weight is 219 g/mol. The van der Waals surface area contributed by atoms with E-state index >= 15 is 0 Å². The van der Waals surface area contributed by atoms with Crippen molar-refractivity contribution in [2.24, 2.45) is 5.73 Å². The molecule has 0 amide bonds. The highest BCUT2D eigenvalue weighted by Crippen LogP contribution is 2.25. The second-order valence-corrected chi connectivity index (χ2v) is 6.58. The lowest BCUT2D eigenvalue weighted by molar-refractivity contribution is 0.00593. The highest BCUT2D eigenvalue weighted by atomic mass is 32.2. The van der Waals surface area contributed by atoms with Crippen molar-refractivity contribution in [3.63, 3.8) is 0 Å². The van der Waals surface area contributed by atoms with Crippen molar-refractivity contribution < 1.29 is 13.2 Å². The first kappa shape index (κ1) is 10.4. The van der Waals surface area contributed by atoms with Gasteiger partial charge < -0.3 is 10.5 Å². The van der Waals surface area contributed by atoms with E-state index < -0.39 is 9.84 Å². The van der Waals surface area contributed by atoms with Gasteiger partial charge in [0, 0.05) is 6.04 Å². The summed E-state index contributed by atoms with van der Waals surface area (Å²) in [7, 11) is -2.81. The summed E-state index contributed by atoms with van der Waals surface area (Å²) in [6.45, 7) is 0. The Morgan fingerprint density at radius 1 is 1.14 bits per heavy atom. The monoisotopic (exact) mass is 219 g/mol. The van der Waals surface area contributed by atoms with Gasteiger partial charge in [0.25, 0.3) is 0 Å². The molecule has 5 heteroatoms. The molecule has 1 aliphatic carbocycles. The van der Waals surface area contributed by atoms with Gasteiger partial charge >= 0.3 is 0 Å². The largest absolute Gasteiger partial charge is 0.374 e. The van der Waals surface area contributed by atoms with Gasteiger partial charge in [0.05, 0.1) is 23.7 Å². The second-order valence-electron chi connectivity index (χ2n) is 4.36. The van der Waals surface area contributed by atoms with Gasteiger partial charge in [-0.15, -0.1) is 0 Å². The lowest BCUT2D eigenvalue weighted by Crippen LogP contribution is -2.23. The van der Waals surface area contributed by atoms with Gasteiger partial charge in [-0.1, -0.05) is 0 Å². The van der Waals surface area contributed by atoms with Crippen LogP contribution in [0.25, 0.3) is 0 Å². The van der Waals surface area contributed by atoms with Crippen LogP contribution in [0.2, 0.25) is 0 Å². The summed E-state index contributed by atoms with van der Waals surface area (Å²) in [5.74, 6) is 0.495. The summed E-state index contributed by atoms with van der Waals surface area (Å²) in [5.41, 5.74) is 5.75. The number of ether oxygens (including phenoxy) is 1. The van der Waals surface area contributed by atoms with Crippen molar-refractivity contribution in [2.45, 2.75) is 43.9 Å². The van der Waals surface area contributed by atoms with Gasteiger partial charge in [-0.25, -0.2) is 8.42 Å². The summed E-state index contributed by atoms with van der Waals surface area (Å²) in [6.07, 6.45) is 3.66. The van der Waals surface area contributed by atoms with Crippen LogP contribution in [-0.2, 0) is 14.6 Å². The highest BCUT2D eigenvalue weighted by Gasteiger charge is 2.32. The molecule has 0 radical (unpaired) electrons. The Hall–Kier alpha value is -0.130. The predicted octanol–water partition coefficient (Wildman–Crippen LogP) is 0.0699. The van der Waals surface area contributed by atoms with E-state index in [2.05, 4.69) is 0 Å². The van der Waals surface area contributed by atoms with E-state index in [-0.39, 0.29) is 29.8 Å². The molecule has 3 atom stereocenters. The summed E-state index contributed by atoms with van der Waals surface area (Å²) < 4.78 is 28.1. The van der Waals surface area contributed by atoms with E-state index in [0.29, 0.717) is 6.42 Å². The number of hydrogen-bond acceptors (Lipinski definition) is 4. The molecule has 1 heterocycles. The topological polar surface area (TPSA) is 69.4 Å². The van der Waals surface area contributed by atoms with Crippen LogP contribution in [0.5, 0.6) is 0 Å². The molecular weight excluding hydrogens is 202 g/mol. The molecule has 0 aromatic heterocycles. The van der Waals surface area contributed by atoms with Crippen LogP contribution in [0.15, 0.2) is 0 Å². The maximum absolute atomic E-state index is 11.2. The van der Waals surface area contributed by atoms with Crippen molar-refractivity contribution in [2.75, 3.05) is 11.5 Å². The molecule has 1 aliphatic heterocycles. The fourth-order valence-electron chi connectivity index (χ4n) is 2.24. The number of hydrogen-bond donors (Lipinski definition) is 1. The van der Waals surface area contributed by atoms with Crippen LogP contribution in [0.4, 0.5) is 0 Å². The third kappa shape index (κ3) is 2.46. The predicted molar refractivity (Wildman–Crippen MR) is 53.8 cm³/mol. The summed E-state index contributed by atoms with van der Waals surface area (Å²) in [5, 5.41) is 0. The Bertz CT molecular complexity index is 301. The Kier molecular flexibility index (Phi) is 2.81. The Morgan fingerprint density at radius 2 is 1.93 bits per heavy atom. The molecule has 0 bridgehead atoms. The molecule has 2 fully saturated rings. The minimum Gasteiger partial charge on any atom is -0.374 e. The fourth-order valence-corrected chi connectivity index (χ4v) is 3.84. The van der Waals surface area contributed by atoms with E-state index in [9.17, 15) is 8.42 Å². The Morgan fingerprint density at radius 3 is 2.43 bits per heavy atom. The molecule has 0 aromatic rings. The van der Waals surface area contributed by atoms with Gasteiger partial charge in [0.2, 0.25) is 0 Å². The minimum atomic E-state index is -2.81. The standard InChI is InChI=1S/C9H17NO3S/c10-7-1-2-8(5-7)13-9-3-4-14(11,12)6-9/h7-9H,1-6,10H2. The van der Waals surface area contributed by atoms with Crippen LogP contribution in [0.1, 0.15) is 25.7 Å². The van der Waals surface area contributed by atoms with Crippen LogP contribution >= 0.6 is 0 Å². The Labute approximate surface area is 84.7 Å². The number of sulfone groups is 1. The van der Waals surface area contributed by atoms with Gasteiger partial charge in [0.1, 0.15) is 0 Å². The van der Waals surface area contributed by atoms with E-state index in [1.807, 2.05) is 0 Å². The van der Waals surface area contributed by atoms with Crippen LogP contribution in [0.3, 0.4) is 0 Å². The summed E-state index contributed by atoms with van der Waals surface area (Å²) >= 11 is 0. The first-order valence-electron chi connectivity index (χ1n) is 5.16. The third-order valence-corrected chi connectivity index (χ3v) is 4.74. The third-order valence-electron chi connectivity index (χ3n) is 3.00. The van der Waals surface area contributed by atoms with Gasteiger partial charge in [-0.2, -0.15) is 0 Å². The van der Waals surface area contributed by atoms with Gasteiger partial charge in [-0.05, 0) is 25.7 Å². The van der Waals surface area contributed by atoms with Crippen LogP contribution in [-0.4, -0.2) is 38.2 Å². The van der Waals surface area contributed by atoms with Crippen molar-refractivity contribution in [1.29, 1.82) is 0 Å². The molecule has 1 saturated carbocycles. The maximum atomic E-state index is 11.2. The van der Waals surface area contributed by atoms with E-state index in [1.165, 1.54) is 0 Å². The van der Waals surface area contributed by atoms with E-state index in [1.54, 1.807) is 0 Å². The molecule has 2 rings (SSSR count). The normalized spacial score (nSPS) is 41.6. The quantitative estimate of drug-likeness (QED) is 0.713. The summed E-state index contributed by atoms with van der Waals surface area (Å²) in [6, 6.07) is 0.248. The second kappa shape index (κ2) is 3.79. The Balaban J connectivity index is 1.82. The molecular formula is C9H17NO3S. The molecule has 2 N–H and O–H groups in total. The molecule has 0 aromatic carbocycles. The molecule has 82 valence electrons. The lowest BCUT2D eigenvalue weighted by Gasteiger charge is -2.16. The molecule has 4 nitrogen and oxygen atoms in total. The fraction of sp³-hybridized carbons (Fsp3) is 1.00. The zero-order valence-corrected chi connectivity index (χ0v) is 9.00. The minimum absolute atomic E-state index is 0.0738.